The van der Waals surface area contributed by atoms with E-state index < -0.39 is 9.84 Å². The summed E-state index contributed by atoms with van der Waals surface area (Å²) in [6.07, 6.45) is 0. The van der Waals surface area contributed by atoms with Crippen LogP contribution in [0.1, 0.15) is 11.1 Å². The number of hydrogen-bond acceptors (Lipinski definition) is 6. The zero-order valence-corrected chi connectivity index (χ0v) is 15.4. The largest absolute Gasteiger partial charge is 0.497 e. The van der Waals surface area contributed by atoms with Gasteiger partial charge in [0.05, 0.1) is 17.5 Å². The Morgan fingerprint density at radius 1 is 1.12 bits per heavy atom. The number of rotatable bonds is 6. The number of methoxy groups -OCH3 is 1. The van der Waals surface area contributed by atoms with E-state index in [-0.39, 0.29) is 21.6 Å². The van der Waals surface area contributed by atoms with Crippen molar-refractivity contribution in [1.29, 1.82) is 0 Å². The predicted octanol–water partition coefficient (Wildman–Crippen LogP) is 3.87. The maximum atomic E-state index is 12.8. The standard InChI is InChI=1S/C18H17NO4S2/c1-13-6-8-16(9-7-13)25(20,21)17-18(24-12-19-17)23-11-14-4-3-5-15(10-14)22-2/h3-10,12H,11H2,1-2H3. The molecule has 0 saturated carbocycles. The van der Waals surface area contributed by atoms with Gasteiger partial charge in [-0.3, -0.25) is 0 Å². The molecule has 0 saturated heterocycles. The highest BCUT2D eigenvalue weighted by atomic mass is 32.2. The lowest BCUT2D eigenvalue weighted by atomic mass is 10.2. The van der Waals surface area contributed by atoms with E-state index in [4.69, 9.17) is 9.47 Å². The summed E-state index contributed by atoms with van der Waals surface area (Å²) < 4.78 is 36.5. The van der Waals surface area contributed by atoms with Crippen LogP contribution in [0.3, 0.4) is 0 Å². The summed E-state index contributed by atoms with van der Waals surface area (Å²) in [5.41, 5.74) is 3.35. The van der Waals surface area contributed by atoms with E-state index in [1.165, 1.54) is 5.51 Å². The van der Waals surface area contributed by atoms with E-state index in [9.17, 15) is 8.42 Å². The molecule has 3 rings (SSSR count). The van der Waals surface area contributed by atoms with Crippen LogP contribution in [0.5, 0.6) is 10.8 Å². The van der Waals surface area contributed by atoms with Crippen molar-refractivity contribution in [2.24, 2.45) is 0 Å². The molecule has 0 amide bonds. The molecule has 5 nitrogen and oxygen atoms in total. The second-order valence-corrected chi connectivity index (χ2v) is 8.08. The normalized spacial score (nSPS) is 11.3. The molecule has 0 aliphatic carbocycles. The first-order valence-electron chi connectivity index (χ1n) is 7.51. The Morgan fingerprint density at radius 2 is 1.88 bits per heavy atom. The van der Waals surface area contributed by atoms with Gasteiger partial charge in [0.15, 0.2) is 0 Å². The summed E-state index contributed by atoms with van der Waals surface area (Å²) in [5, 5.41) is 0.229. The third-order valence-corrected chi connectivity index (χ3v) is 6.15. The molecule has 25 heavy (non-hydrogen) atoms. The van der Waals surface area contributed by atoms with Gasteiger partial charge < -0.3 is 9.47 Å². The topological polar surface area (TPSA) is 65.5 Å². The maximum absolute atomic E-state index is 12.8. The van der Waals surface area contributed by atoms with Gasteiger partial charge in [0.2, 0.25) is 19.9 Å². The van der Waals surface area contributed by atoms with Gasteiger partial charge in [0.1, 0.15) is 12.4 Å². The molecule has 0 N–H and O–H groups in total. The molecule has 0 spiro atoms. The van der Waals surface area contributed by atoms with Gasteiger partial charge in [0, 0.05) is 0 Å². The van der Waals surface area contributed by atoms with E-state index in [0.29, 0.717) is 0 Å². The molecule has 0 aliphatic heterocycles. The molecular formula is C18H17NO4S2. The second kappa shape index (κ2) is 7.25. The number of ether oxygens (including phenoxy) is 2. The van der Waals surface area contributed by atoms with Gasteiger partial charge in [-0.05, 0) is 36.8 Å². The highest BCUT2D eigenvalue weighted by Gasteiger charge is 2.25. The molecule has 0 fully saturated rings. The molecule has 0 aliphatic rings. The zero-order valence-electron chi connectivity index (χ0n) is 13.8. The van der Waals surface area contributed by atoms with Crippen molar-refractivity contribution in [2.75, 3.05) is 7.11 Å². The van der Waals surface area contributed by atoms with Crippen molar-refractivity contribution in [3.63, 3.8) is 0 Å². The van der Waals surface area contributed by atoms with Crippen molar-refractivity contribution in [2.45, 2.75) is 23.5 Å². The molecule has 2 aromatic carbocycles. The van der Waals surface area contributed by atoms with Crippen molar-refractivity contribution in [3.05, 3.63) is 65.2 Å². The lowest BCUT2D eigenvalue weighted by Gasteiger charge is -2.08. The summed E-state index contributed by atoms with van der Waals surface area (Å²) in [6, 6.07) is 14.1. The number of aryl methyl sites for hydroxylation is 1. The molecule has 0 bridgehead atoms. The Hall–Kier alpha value is -2.38. The monoisotopic (exact) mass is 375 g/mol. The van der Waals surface area contributed by atoms with Crippen molar-refractivity contribution < 1.29 is 17.9 Å². The van der Waals surface area contributed by atoms with Crippen molar-refractivity contribution in [1.82, 2.24) is 4.98 Å². The minimum atomic E-state index is -3.71. The van der Waals surface area contributed by atoms with Gasteiger partial charge in [-0.1, -0.05) is 41.2 Å². The van der Waals surface area contributed by atoms with Crippen LogP contribution in [0, 0.1) is 6.92 Å². The molecule has 1 aromatic heterocycles. The van der Waals surface area contributed by atoms with Crippen LogP contribution in [0.2, 0.25) is 0 Å². The fourth-order valence-electron chi connectivity index (χ4n) is 2.24. The van der Waals surface area contributed by atoms with Crippen LogP contribution < -0.4 is 9.47 Å². The molecule has 7 heteroatoms. The van der Waals surface area contributed by atoms with Gasteiger partial charge >= 0.3 is 0 Å². The summed E-state index contributed by atoms with van der Waals surface area (Å²) in [6.45, 7) is 2.14. The first-order chi connectivity index (χ1) is 12.0. The Bertz CT molecular complexity index is 963. The molecule has 0 atom stereocenters. The Labute approximate surface area is 150 Å². The number of hydrogen-bond donors (Lipinski definition) is 0. The highest BCUT2D eigenvalue weighted by molar-refractivity contribution is 7.91. The van der Waals surface area contributed by atoms with Crippen LogP contribution in [0.4, 0.5) is 0 Å². The van der Waals surface area contributed by atoms with E-state index in [1.54, 1.807) is 31.4 Å². The van der Waals surface area contributed by atoms with Crippen molar-refractivity contribution >= 4 is 21.2 Å². The fraction of sp³-hybridized carbons (Fsp3) is 0.167. The summed E-state index contributed by atoms with van der Waals surface area (Å²) in [4.78, 5) is 4.22. The predicted molar refractivity (Wildman–Crippen MR) is 96.1 cm³/mol. The highest BCUT2D eigenvalue weighted by Crippen LogP contribution is 2.32. The number of sulfone groups is 1. The SMILES string of the molecule is COc1cccc(COc2scnc2S(=O)(=O)c2ccc(C)cc2)c1. The molecule has 130 valence electrons. The Balaban J connectivity index is 1.83. The fourth-order valence-corrected chi connectivity index (χ4v) is 4.50. The summed E-state index contributed by atoms with van der Waals surface area (Å²) in [7, 11) is -2.12. The summed E-state index contributed by atoms with van der Waals surface area (Å²) >= 11 is 1.16. The average molecular weight is 375 g/mol. The minimum Gasteiger partial charge on any atom is -0.497 e. The van der Waals surface area contributed by atoms with E-state index in [0.717, 1.165) is 28.2 Å². The Kier molecular flexibility index (Phi) is 5.06. The minimum absolute atomic E-state index is 0.0516. The van der Waals surface area contributed by atoms with Crippen LogP contribution in [-0.2, 0) is 16.4 Å². The molecular weight excluding hydrogens is 358 g/mol. The van der Waals surface area contributed by atoms with Crippen LogP contribution >= 0.6 is 11.3 Å². The molecule has 3 aromatic rings. The third-order valence-electron chi connectivity index (χ3n) is 3.59. The average Bonchev–Trinajstić information content (AvgIpc) is 3.10. The molecule has 0 unspecified atom stereocenters. The summed E-state index contributed by atoms with van der Waals surface area (Å²) in [5.74, 6) is 0.720. The van der Waals surface area contributed by atoms with Gasteiger partial charge in [0.25, 0.3) is 0 Å². The van der Waals surface area contributed by atoms with E-state index in [2.05, 4.69) is 4.98 Å². The van der Waals surface area contributed by atoms with Crippen LogP contribution in [0.15, 0.2) is 64.0 Å². The van der Waals surface area contributed by atoms with Crippen molar-refractivity contribution in [3.8, 4) is 10.8 Å². The maximum Gasteiger partial charge on any atom is 0.228 e. The van der Waals surface area contributed by atoms with Gasteiger partial charge in [-0.25, -0.2) is 13.4 Å². The van der Waals surface area contributed by atoms with Crippen LogP contribution in [0.25, 0.3) is 0 Å². The lowest BCUT2D eigenvalue weighted by Crippen LogP contribution is -2.05. The van der Waals surface area contributed by atoms with Gasteiger partial charge in [-0.15, -0.1) is 0 Å². The number of nitrogens with zero attached hydrogens (tertiary/aromatic N) is 1. The number of thiazole rings is 1. The van der Waals surface area contributed by atoms with Gasteiger partial charge in [-0.2, -0.15) is 0 Å². The zero-order chi connectivity index (χ0) is 17.9. The molecule has 1 heterocycles. The lowest BCUT2D eigenvalue weighted by molar-refractivity contribution is 0.305. The van der Waals surface area contributed by atoms with E-state index >= 15 is 0 Å². The quantitative estimate of drug-likeness (QED) is 0.654. The van der Waals surface area contributed by atoms with E-state index in [1.807, 2.05) is 31.2 Å². The third kappa shape index (κ3) is 3.83. The smallest absolute Gasteiger partial charge is 0.228 e. The molecule has 0 radical (unpaired) electrons. The first kappa shape index (κ1) is 17.4. The van der Waals surface area contributed by atoms with Crippen LogP contribution in [-0.4, -0.2) is 20.5 Å². The second-order valence-electron chi connectivity index (χ2n) is 5.40. The number of aromatic nitrogens is 1. The Morgan fingerprint density at radius 3 is 2.60 bits per heavy atom. The number of benzene rings is 2. The first-order valence-corrected chi connectivity index (χ1v) is 9.88.